The summed E-state index contributed by atoms with van der Waals surface area (Å²) in [6.45, 7) is 25.5. The highest BCUT2D eigenvalue weighted by Crippen LogP contribution is 2.28. The Bertz CT molecular complexity index is 1650. The summed E-state index contributed by atoms with van der Waals surface area (Å²) >= 11 is 13.9. The Kier molecular flexibility index (Phi) is 19.7. The summed E-state index contributed by atoms with van der Waals surface area (Å²) in [6, 6.07) is 20.9. The van der Waals surface area contributed by atoms with Crippen molar-refractivity contribution in [1.82, 2.24) is 0 Å². The number of benzene rings is 4. The van der Waals surface area contributed by atoms with Crippen LogP contribution in [-0.2, 0) is 0 Å². The molecule has 0 N–H and O–H groups in total. The fourth-order valence-corrected chi connectivity index (χ4v) is 6.87. The van der Waals surface area contributed by atoms with Gasteiger partial charge in [-0.15, -0.1) is 0 Å². The van der Waals surface area contributed by atoms with E-state index in [9.17, 15) is 9.59 Å². The van der Waals surface area contributed by atoms with Crippen molar-refractivity contribution in [1.29, 1.82) is 0 Å². The Morgan fingerprint density at radius 2 is 0.896 bits per heavy atom. The van der Waals surface area contributed by atoms with Gasteiger partial charge in [0, 0.05) is 29.0 Å². The van der Waals surface area contributed by atoms with Crippen molar-refractivity contribution in [3.8, 4) is 0 Å². The molecule has 6 heteroatoms. The first-order chi connectivity index (χ1) is 22.3. The average Bonchev–Trinajstić information content (AvgIpc) is 3.02. The summed E-state index contributed by atoms with van der Waals surface area (Å²) in [6.07, 6.45) is 1.81. The van der Waals surface area contributed by atoms with Gasteiger partial charge >= 0.3 is 0 Å². The molecule has 4 aromatic rings. The zero-order chi connectivity index (χ0) is 36.9. The Morgan fingerprint density at radius 3 is 1.35 bits per heavy atom. The van der Waals surface area contributed by atoms with Crippen LogP contribution in [0.3, 0.4) is 0 Å². The number of aryl methyl sites for hydroxylation is 4. The third kappa shape index (κ3) is 14.2. The molecule has 0 aromatic heterocycles. The van der Waals surface area contributed by atoms with Gasteiger partial charge in [-0.05, 0) is 115 Å². The number of carbonyl (C=O) groups is 2. The van der Waals surface area contributed by atoms with E-state index >= 15 is 0 Å². The van der Waals surface area contributed by atoms with E-state index in [0.29, 0.717) is 23.7 Å². The lowest BCUT2D eigenvalue weighted by Gasteiger charge is -2.10. The first kappa shape index (κ1) is 44.2. The maximum absolute atomic E-state index is 10.8. The van der Waals surface area contributed by atoms with Crippen LogP contribution in [-0.4, -0.2) is 12.6 Å². The number of carbonyl (C=O) groups excluding carboxylic acids is 2. The van der Waals surface area contributed by atoms with Crippen molar-refractivity contribution in [3.63, 3.8) is 0 Å². The van der Waals surface area contributed by atoms with E-state index in [-0.39, 0.29) is 0 Å². The van der Waals surface area contributed by atoms with Crippen molar-refractivity contribution in [2.75, 3.05) is 0 Å². The summed E-state index contributed by atoms with van der Waals surface area (Å²) in [5.41, 5.74) is 11.6. The van der Waals surface area contributed by atoms with Gasteiger partial charge in [-0.1, -0.05) is 161 Å². The van der Waals surface area contributed by atoms with Crippen LogP contribution in [0.2, 0.25) is 0 Å². The Balaban J connectivity index is 0.000000321. The van der Waals surface area contributed by atoms with Gasteiger partial charge in [-0.2, -0.15) is 0 Å². The molecule has 48 heavy (non-hydrogen) atoms. The van der Waals surface area contributed by atoms with E-state index in [0.717, 1.165) is 43.8 Å². The van der Waals surface area contributed by atoms with Crippen LogP contribution in [0.1, 0.15) is 144 Å². The maximum Gasteiger partial charge on any atom is 0.150 e. The predicted octanol–water partition coefficient (Wildman–Crippen LogP) is 15.1. The molecule has 4 rings (SSSR count). The Hall–Kier alpha value is -1.86. The highest BCUT2D eigenvalue weighted by molar-refractivity contribution is 9.11. The SMILES string of the molecule is Cc1cc(C(C)C)c(Br)cc1C=O.Cc1cc(C(C)C)c(C=O)cc1Br.Cc1cc(C(C)C)ccc1Br.Cc1ccc(Br)c(C(C)C)c1. The third-order valence-corrected chi connectivity index (χ3v) is 11.0. The van der Waals surface area contributed by atoms with Gasteiger partial charge in [0.2, 0.25) is 0 Å². The molecule has 2 nitrogen and oxygen atoms in total. The minimum Gasteiger partial charge on any atom is -0.298 e. The molecular formula is C42H52Br4O2. The van der Waals surface area contributed by atoms with Gasteiger partial charge < -0.3 is 0 Å². The first-order valence-corrected chi connectivity index (χ1v) is 19.5. The summed E-state index contributed by atoms with van der Waals surface area (Å²) < 4.78 is 4.44. The molecular weight excluding hydrogens is 856 g/mol. The van der Waals surface area contributed by atoms with Gasteiger partial charge in [0.1, 0.15) is 12.6 Å². The summed E-state index contributed by atoms with van der Waals surface area (Å²) in [5.74, 6) is 2.10. The van der Waals surface area contributed by atoms with E-state index in [2.05, 4.69) is 181 Å². The van der Waals surface area contributed by atoms with Crippen LogP contribution in [0.15, 0.2) is 78.6 Å². The van der Waals surface area contributed by atoms with Crippen LogP contribution in [0.5, 0.6) is 0 Å². The average molecular weight is 908 g/mol. The molecule has 0 spiro atoms. The fraction of sp³-hybridized carbons (Fsp3) is 0.381. The number of halogens is 4. The van der Waals surface area contributed by atoms with E-state index in [1.807, 2.05) is 26.0 Å². The van der Waals surface area contributed by atoms with Crippen molar-refractivity contribution in [3.05, 3.63) is 134 Å². The van der Waals surface area contributed by atoms with Crippen LogP contribution < -0.4 is 0 Å². The zero-order valence-electron chi connectivity index (χ0n) is 30.6. The highest BCUT2D eigenvalue weighted by Gasteiger charge is 2.09. The van der Waals surface area contributed by atoms with Crippen LogP contribution in [0.25, 0.3) is 0 Å². The van der Waals surface area contributed by atoms with Gasteiger partial charge in [-0.25, -0.2) is 0 Å². The number of hydrogen-bond donors (Lipinski definition) is 0. The summed E-state index contributed by atoms with van der Waals surface area (Å²) in [4.78, 5) is 21.4. The van der Waals surface area contributed by atoms with E-state index < -0.39 is 0 Å². The van der Waals surface area contributed by atoms with E-state index in [4.69, 9.17) is 0 Å². The van der Waals surface area contributed by atoms with E-state index in [1.54, 1.807) is 0 Å². The standard InChI is InChI=1S/2C11H13BrO.2C10H13Br/c1-7(2)10-4-8(3)11(12)5-9(10)6-13;1-7(2)10-4-8(3)9(6-13)5-11(10)12;1-7(2)9-4-5-10(11)8(3)6-9;1-7(2)9-6-8(3)4-5-10(9)11/h2*4-7H,1-3H3;2*4-7H,1-3H3. The lowest BCUT2D eigenvalue weighted by atomic mass is 9.96. The molecule has 0 amide bonds. The topological polar surface area (TPSA) is 34.1 Å². The highest BCUT2D eigenvalue weighted by atomic mass is 79.9. The fourth-order valence-electron chi connectivity index (χ4n) is 4.74. The van der Waals surface area contributed by atoms with Gasteiger partial charge in [0.25, 0.3) is 0 Å². The first-order valence-electron chi connectivity index (χ1n) is 16.4. The Morgan fingerprint density at radius 1 is 0.438 bits per heavy atom. The monoisotopic (exact) mass is 904 g/mol. The Labute approximate surface area is 324 Å². The van der Waals surface area contributed by atoms with Gasteiger partial charge in [0.15, 0.2) is 0 Å². The lowest BCUT2D eigenvalue weighted by Crippen LogP contribution is -1.96. The van der Waals surface area contributed by atoms with Gasteiger partial charge in [-0.3, -0.25) is 9.59 Å². The molecule has 0 aliphatic carbocycles. The van der Waals surface area contributed by atoms with Crippen molar-refractivity contribution < 1.29 is 9.59 Å². The van der Waals surface area contributed by atoms with E-state index in [1.165, 1.54) is 42.3 Å². The molecule has 0 fully saturated rings. The van der Waals surface area contributed by atoms with Crippen LogP contribution in [0.4, 0.5) is 0 Å². The second-order valence-corrected chi connectivity index (χ2v) is 16.8. The number of aldehydes is 2. The molecule has 0 bridgehead atoms. The molecule has 260 valence electrons. The summed E-state index contributed by atoms with van der Waals surface area (Å²) in [7, 11) is 0. The number of rotatable bonds is 6. The van der Waals surface area contributed by atoms with Crippen LogP contribution >= 0.6 is 63.7 Å². The molecule has 4 aromatic carbocycles. The lowest BCUT2D eigenvalue weighted by molar-refractivity contribution is 0.111. The van der Waals surface area contributed by atoms with Crippen molar-refractivity contribution in [2.24, 2.45) is 0 Å². The zero-order valence-corrected chi connectivity index (χ0v) is 36.9. The molecule has 0 aliphatic heterocycles. The second-order valence-electron chi connectivity index (χ2n) is 13.3. The normalized spacial score (nSPS) is 10.6. The minimum atomic E-state index is 0.395. The van der Waals surface area contributed by atoms with Crippen LogP contribution in [0, 0.1) is 27.7 Å². The van der Waals surface area contributed by atoms with Crippen molar-refractivity contribution in [2.45, 2.75) is 107 Å². The quantitative estimate of drug-likeness (QED) is 0.181. The molecule has 0 heterocycles. The van der Waals surface area contributed by atoms with Crippen molar-refractivity contribution >= 4 is 76.3 Å². The molecule has 0 saturated heterocycles. The number of hydrogen-bond acceptors (Lipinski definition) is 2. The largest absolute Gasteiger partial charge is 0.298 e. The third-order valence-electron chi connectivity index (χ3n) is 7.87. The molecule has 0 unspecified atom stereocenters. The smallest absolute Gasteiger partial charge is 0.150 e. The van der Waals surface area contributed by atoms with Gasteiger partial charge in [0.05, 0.1) is 0 Å². The maximum atomic E-state index is 10.8. The molecule has 0 radical (unpaired) electrons. The predicted molar refractivity (Wildman–Crippen MR) is 223 cm³/mol. The molecule has 0 aliphatic rings. The second kappa shape index (κ2) is 21.4. The summed E-state index contributed by atoms with van der Waals surface area (Å²) in [5, 5.41) is 0. The molecule has 0 saturated carbocycles. The molecule has 0 atom stereocenters. The minimum absolute atomic E-state index is 0.395.